The molecule has 1 aromatic carbocycles. The summed E-state index contributed by atoms with van der Waals surface area (Å²) >= 11 is 0. The molecule has 3 heterocycles. The average Bonchev–Trinajstić information content (AvgIpc) is 3.44. The summed E-state index contributed by atoms with van der Waals surface area (Å²) in [6, 6.07) is 11.4. The molecule has 2 aromatic heterocycles. The number of likely N-dealkylation sites (tertiary alicyclic amines) is 1. The summed E-state index contributed by atoms with van der Waals surface area (Å²) in [5.74, 6) is -0.811. The lowest BCUT2D eigenvalue weighted by Crippen LogP contribution is -2.43. The number of aromatic nitrogens is 3. The number of aliphatic carboxylic acids is 1. The van der Waals surface area contributed by atoms with Crippen LogP contribution in [0.3, 0.4) is 0 Å². The Kier molecular flexibility index (Phi) is 6.87. The summed E-state index contributed by atoms with van der Waals surface area (Å²) in [4.78, 5) is 23.5. The predicted molar refractivity (Wildman–Crippen MR) is 113 cm³/mol. The van der Waals surface area contributed by atoms with Crippen molar-refractivity contribution in [3.63, 3.8) is 0 Å². The van der Waals surface area contributed by atoms with Crippen LogP contribution in [0.4, 0.5) is 13.2 Å². The molecule has 0 radical (unpaired) electrons. The maximum absolute atomic E-state index is 12.4. The molecule has 0 bridgehead atoms. The highest BCUT2D eigenvalue weighted by Crippen LogP contribution is 2.37. The van der Waals surface area contributed by atoms with Crippen molar-refractivity contribution in [2.45, 2.75) is 36.9 Å². The molecule has 3 aromatic rings. The number of likely N-dealkylation sites (N-methyl/N-ethyl adjacent to an activating group) is 1. The maximum atomic E-state index is 12.4. The first kappa shape index (κ1) is 24.4. The van der Waals surface area contributed by atoms with Crippen LogP contribution < -0.4 is 5.32 Å². The molecule has 1 saturated carbocycles. The first-order valence-electron chi connectivity index (χ1n) is 10.7. The van der Waals surface area contributed by atoms with Gasteiger partial charge in [0.25, 0.3) is 5.91 Å². The third kappa shape index (κ3) is 5.85. The van der Waals surface area contributed by atoms with Gasteiger partial charge in [0.05, 0.1) is 5.92 Å². The van der Waals surface area contributed by atoms with Crippen molar-refractivity contribution in [1.29, 1.82) is 0 Å². The van der Waals surface area contributed by atoms with Gasteiger partial charge in [0.1, 0.15) is 5.69 Å². The minimum Gasteiger partial charge on any atom is -0.475 e. The Morgan fingerprint density at radius 1 is 1.09 bits per heavy atom. The average molecular weight is 493 g/mol. The number of rotatable bonds is 5. The molecular formula is C22H22F3N5O5. The smallest absolute Gasteiger partial charge is 0.475 e. The molecule has 0 spiro atoms. The largest absolute Gasteiger partial charge is 0.490 e. The molecule has 0 atom stereocenters. The van der Waals surface area contributed by atoms with E-state index in [0.717, 1.165) is 37.4 Å². The molecule has 0 unspecified atom stereocenters. The lowest BCUT2D eigenvalue weighted by molar-refractivity contribution is -0.192. The number of hydrogen-bond acceptors (Lipinski definition) is 8. The third-order valence-electron chi connectivity index (χ3n) is 5.74. The molecule has 1 saturated heterocycles. The highest BCUT2D eigenvalue weighted by Gasteiger charge is 2.38. The Morgan fingerprint density at radius 3 is 2.26 bits per heavy atom. The van der Waals surface area contributed by atoms with Crippen molar-refractivity contribution in [2.75, 3.05) is 20.1 Å². The van der Waals surface area contributed by atoms with Crippen LogP contribution in [-0.4, -0.2) is 69.6 Å². The molecule has 1 amide bonds. The van der Waals surface area contributed by atoms with Gasteiger partial charge < -0.3 is 24.3 Å². The Bertz CT molecular complexity index is 1170. The van der Waals surface area contributed by atoms with E-state index in [4.69, 9.17) is 18.8 Å². The molecule has 10 nitrogen and oxygen atoms in total. The topological polar surface area (TPSA) is 135 Å². The number of alkyl halides is 3. The molecule has 2 N–H and O–H groups in total. The van der Waals surface area contributed by atoms with Crippen LogP contribution in [0.2, 0.25) is 0 Å². The number of halogens is 3. The van der Waals surface area contributed by atoms with Gasteiger partial charge in [-0.1, -0.05) is 35.5 Å². The molecule has 13 heteroatoms. The van der Waals surface area contributed by atoms with Crippen molar-refractivity contribution < 1.29 is 36.8 Å². The minimum atomic E-state index is -5.08. The van der Waals surface area contributed by atoms with E-state index in [1.165, 1.54) is 0 Å². The zero-order chi connectivity index (χ0) is 25.2. The molecule has 35 heavy (non-hydrogen) atoms. The second-order valence-electron chi connectivity index (χ2n) is 8.48. The third-order valence-corrected chi connectivity index (χ3v) is 5.74. The van der Waals surface area contributed by atoms with E-state index in [1.807, 2.05) is 30.3 Å². The summed E-state index contributed by atoms with van der Waals surface area (Å²) < 4.78 is 42.8. The van der Waals surface area contributed by atoms with Gasteiger partial charge >= 0.3 is 12.1 Å². The highest BCUT2D eigenvalue weighted by atomic mass is 19.4. The number of carboxylic acid groups (broad SMARTS) is 1. The summed E-state index contributed by atoms with van der Waals surface area (Å²) in [5.41, 5.74) is 1.57. The summed E-state index contributed by atoms with van der Waals surface area (Å²) in [7, 11) is 2.07. The van der Waals surface area contributed by atoms with E-state index in [2.05, 4.69) is 32.6 Å². The van der Waals surface area contributed by atoms with Gasteiger partial charge in [-0.05, 0) is 19.9 Å². The van der Waals surface area contributed by atoms with E-state index >= 15 is 0 Å². The minimum absolute atomic E-state index is 0.0768. The summed E-state index contributed by atoms with van der Waals surface area (Å²) in [6.45, 7) is 1.93. The fourth-order valence-corrected chi connectivity index (χ4v) is 3.75. The monoisotopic (exact) mass is 493 g/mol. The number of carboxylic acids is 1. The van der Waals surface area contributed by atoms with E-state index in [0.29, 0.717) is 17.5 Å². The second kappa shape index (κ2) is 9.86. The lowest BCUT2D eigenvalue weighted by atomic mass is 9.80. The van der Waals surface area contributed by atoms with E-state index < -0.39 is 12.1 Å². The van der Waals surface area contributed by atoms with Crippen LogP contribution in [0.25, 0.3) is 11.3 Å². The predicted octanol–water partition coefficient (Wildman–Crippen LogP) is 3.06. The lowest BCUT2D eigenvalue weighted by Gasteiger charge is -2.34. The molecule has 5 rings (SSSR count). The van der Waals surface area contributed by atoms with Gasteiger partial charge in [-0.25, -0.2) is 4.79 Å². The Balaban J connectivity index is 0.000000364. The number of carbonyl (C=O) groups excluding carboxylic acids is 1. The van der Waals surface area contributed by atoms with Crippen molar-refractivity contribution in [3.8, 4) is 11.3 Å². The van der Waals surface area contributed by atoms with E-state index in [9.17, 15) is 18.0 Å². The second-order valence-corrected chi connectivity index (χ2v) is 8.48. The van der Waals surface area contributed by atoms with Crippen LogP contribution in [0, 0.1) is 0 Å². The highest BCUT2D eigenvalue weighted by molar-refractivity contribution is 5.92. The number of benzene rings is 1. The van der Waals surface area contributed by atoms with Crippen LogP contribution in [0.1, 0.15) is 47.0 Å². The molecule has 2 fully saturated rings. The molecule has 186 valence electrons. The fourth-order valence-electron chi connectivity index (χ4n) is 3.75. The van der Waals surface area contributed by atoms with Gasteiger partial charge in [-0.3, -0.25) is 4.79 Å². The Morgan fingerprint density at radius 2 is 1.69 bits per heavy atom. The fraction of sp³-hybridized carbons (Fsp3) is 0.409. The standard InChI is InChI=1S/C20H21N5O3.C2HF3O2/c1-25-10-14(11-25)20-23-22-19(27-20)13-7-15(8-13)21-18(26)17-9-16(24-28-17)12-5-3-2-4-6-12;3-2(4,5)1(6)7/h2-6,9,13-15H,7-8,10-11H2,1H3,(H,21,26);(H,6,7)/t13-,15-;. The quantitative estimate of drug-likeness (QED) is 0.550. The van der Waals surface area contributed by atoms with Crippen molar-refractivity contribution in [2.24, 2.45) is 0 Å². The molecule has 1 aliphatic carbocycles. The maximum Gasteiger partial charge on any atom is 0.490 e. The molecule has 2 aliphatic rings. The summed E-state index contributed by atoms with van der Waals surface area (Å²) in [6.07, 6.45) is -3.50. The Labute approximate surface area is 197 Å². The zero-order valence-corrected chi connectivity index (χ0v) is 18.5. The van der Waals surface area contributed by atoms with Crippen LogP contribution in [-0.2, 0) is 4.79 Å². The van der Waals surface area contributed by atoms with Crippen LogP contribution in [0.15, 0.2) is 45.3 Å². The molecule has 1 aliphatic heterocycles. The number of carbonyl (C=O) groups is 2. The zero-order valence-electron chi connectivity index (χ0n) is 18.5. The van der Waals surface area contributed by atoms with E-state index in [-0.39, 0.29) is 23.6 Å². The number of hydrogen-bond donors (Lipinski definition) is 2. The normalized spacial score (nSPS) is 20.2. The number of nitrogens with one attached hydrogen (secondary N) is 1. The van der Waals surface area contributed by atoms with Gasteiger partial charge in [0.15, 0.2) is 0 Å². The first-order chi connectivity index (χ1) is 16.6. The number of amides is 1. The van der Waals surface area contributed by atoms with E-state index in [1.54, 1.807) is 6.07 Å². The van der Waals surface area contributed by atoms with Gasteiger partial charge in [0, 0.05) is 36.7 Å². The van der Waals surface area contributed by atoms with Gasteiger partial charge in [-0.15, -0.1) is 10.2 Å². The first-order valence-corrected chi connectivity index (χ1v) is 10.7. The van der Waals surface area contributed by atoms with Gasteiger partial charge in [-0.2, -0.15) is 13.2 Å². The number of nitrogens with zero attached hydrogens (tertiary/aromatic N) is 4. The van der Waals surface area contributed by atoms with Crippen LogP contribution in [0.5, 0.6) is 0 Å². The molecular weight excluding hydrogens is 471 g/mol. The van der Waals surface area contributed by atoms with Crippen molar-refractivity contribution in [3.05, 3.63) is 53.9 Å². The SMILES string of the molecule is CN1CC(c2nnc([C@H]3C[C@H](NC(=O)c4cc(-c5ccccc5)no4)C3)o2)C1.O=C(O)C(F)(F)F. The van der Waals surface area contributed by atoms with Crippen molar-refractivity contribution >= 4 is 11.9 Å². The van der Waals surface area contributed by atoms with Crippen molar-refractivity contribution in [1.82, 2.24) is 25.6 Å². The van der Waals surface area contributed by atoms with Gasteiger partial charge in [0.2, 0.25) is 17.5 Å². The Hall–Kier alpha value is -3.74. The summed E-state index contributed by atoms with van der Waals surface area (Å²) in [5, 5.41) is 22.5. The van der Waals surface area contributed by atoms with Crippen LogP contribution >= 0.6 is 0 Å².